The fourth-order valence-corrected chi connectivity index (χ4v) is 3.31. The van der Waals surface area contributed by atoms with E-state index in [0.717, 1.165) is 24.3 Å². The minimum atomic E-state index is -4.29. The van der Waals surface area contributed by atoms with E-state index in [9.17, 15) is 17.2 Å². The molecule has 112 valence electrons. The number of anilines is 1. The molecule has 0 saturated heterocycles. The number of hydrogen-bond acceptors (Lipinski definition) is 3. The second-order valence-electron chi connectivity index (χ2n) is 4.11. The Hall–Kier alpha value is -1.70. The number of aliphatic hydroxyl groups is 1. The first kappa shape index (κ1) is 15.7. The van der Waals surface area contributed by atoms with Crippen LogP contribution in [0.5, 0.6) is 0 Å². The number of halogens is 3. The molecule has 0 heterocycles. The number of sulfonamides is 1. The van der Waals surface area contributed by atoms with Crippen LogP contribution in [0.25, 0.3) is 0 Å². The quantitative estimate of drug-likeness (QED) is 0.904. The molecule has 21 heavy (non-hydrogen) atoms. The Bertz CT molecular complexity index is 781. The summed E-state index contributed by atoms with van der Waals surface area (Å²) >= 11 is 5.73. The molecule has 0 aliphatic rings. The summed E-state index contributed by atoms with van der Waals surface area (Å²) < 4.78 is 53.2. The predicted octanol–water partition coefficient (Wildman–Crippen LogP) is 2.91. The third kappa shape index (κ3) is 3.31. The van der Waals surface area contributed by atoms with Crippen LogP contribution in [-0.4, -0.2) is 13.5 Å². The lowest BCUT2D eigenvalue weighted by atomic mass is 10.2. The molecule has 2 N–H and O–H groups in total. The molecule has 0 aromatic heterocycles. The minimum Gasteiger partial charge on any atom is -0.392 e. The fourth-order valence-electron chi connectivity index (χ4n) is 1.69. The van der Waals surface area contributed by atoms with Crippen molar-refractivity contribution in [1.29, 1.82) is 0 Å². The first-order chi connectivity index (χ1) is 9.85. The van der Waals surface area contributed by atoms with E-state index in [4.69, 9.17) is 16.7 Å². The van der Waals surface area contributed by atoms with Crippen molar-refractivity contribution in [3.63, 3.8) is 0 Å². The maximum atomic E-state index is 13.7. The van der Waals surface area contributed by atoms with Gasteiger partial charge in [-0.15, -0.1) is 0 Å². The molecule has 2 aromatic carbocycles. The van der Waals surface area contributed by atoms with Crippen LogP contribution in [0.4, 0.5) is 14.5 Å². The highest BCUT2D eigenvalue weighted by Crippen LogP contribution is 2.27. The minimum absolute atomic E-state index is 0.0473. The Morgan fingerprint density at radius 1 is 1.19 bits per heavy atom. The summed E-state index contributed by atoms with van der Waals surface area (Å²) in [4.78, 5) is -0.517. The summed E-state index contributed by atoms with van der Waals surface area (Å²) in [7, 11) is -4.29. The first-order valence-corrected chi connectivity index (χ1v) is 7.57. The van der Waals surface area contributed by atoms with Gasteiger partial charge in [-0.05, 0) is 24.3 Å². The van der Waals surface area contributed by atoms with Gasteiger partial charge in [-0.2, -0.15) is 0 Å². The lowest BCUT2D eigenvalue weighted by Crippen LogP contribution is -2.16. The van der Waals surface area contributed by atoms with E-state index in [1.807, 2.05) is 4.72 Å². The van der Waals surface area contributed by atoms with E-state index >= 15 is 0 Å². The largest absolute Gasteiger partial charge is 0.392 e. The van der Waals surface area contributed by atoms with Crippen LogP contribution in [0.3, 0.4) is 0 Å². The number of nitrogens with one attached hydrogen (secondary N) is 1. The second-order valence-corrected chi connectivity index (χ2v) is 6.17. The van der Waals surface area contributed by atoms with Crippen molar-refractivity contribution in [3.8, 4) is 0 Å². The molecule has 4 nitrogen and oxygen atoms in total. The van der Waals surface area contributed by atoms with Gasteiger partial charge in [0.15, 0.2) is 0 Å². The van der Waals surface area contributed by atoms with Crippen molar-refractivity contribution in [2.24, 2.45) is 0 Å². The summed E-state index contributed by atoms with van der Waals surface area (Å²) in [6.45, 7) is -0.563. The molecule has 0 spiro atoms. The molecule has 0 amide bonds. The highest BCUT2D eigenvalue weighted by atomic mass is 35.5. The monoisotopic (exact) mass is 333 g/mol. The van der Waals surface area contributed by atoms with Gasteiger partial charge >= 0.3 is 0 Å². The molecule has 0 aliphatic carbocycles. The number of rotatable bonds is 4. The van der Waals surface area contributed by atoms with Crippen molar-refractivity contribution in [1.82, 2.24) is 0 Å². The van der Waals surface area contributed by atoms with Gasteiger partial charge in [-0.25, -0.2) is 17.2 Å². The smallest absolute Gasteiger partial charge is 0.263 e. The number of para-hydroxylation sites is 1. The number of aliphatic hydroxyl groups excluding tert-OH is 1. The van der Waals surface area contributed by atoms with Crippen molar-refractivity contribution in [2.45, 2.75) is 11.5 Å². The highest BCUT2D eigenvalue weighted by Gasteiger charge is 2.21. The summed E-state index contributed by atoms with van der Waals surface area (Å²) in [5, 5.41) is 8.92. The van der Waals surface area contributed by atoms with Crippen LogP contribution in [0, 0.1) is 11.6 Å². The molecule has 2 rings (SSSR count). The van der Waals surface area contributed by atoms with E-state index < -0.39 is 38.8 Å². The molecule has 0 fully saturated rings. The van der Waals surface area contributed by atoms with E-state index in [1.165, 1.54) is 12.1 Å². The zero-order valence-corrected chi connectivity index (χ0v) is 12.0. The molecule has 8 heteroatoms. The van der Waals surface area contributed by atoms with Gasteiger partial charge in [0, 0.05) is 5.56 Å². The zero-order valence-electron chi connectivity index (χ0n) is 10.5. The van der Waals surface area contributed by atoms with E-state index in [1.54, 1.807) is 0 Å². The van der Waals surface area contributed by atoms with E-state index in [-0.39, 0.29) is 10.6 Å². The maximum Gasteiger partial charge on any atom is 0.263 e. The fraction of sp³-hybridized carbons (Fsp3) is 0.0769. The van der Waals surface area contributed by atoms with Crippen molar-refractivity contribution < 1.29 is 22.3 Å². The molecular formula is C13H10ClF2NO3S. The molecule has 2 aromatic rings. The van der Waals surface area contributed by atoms with Crippen LogP contribution in [-0.2, 0) is 16.6 Å². The molecule has 0 atom stereocenters. The maximum absolute atomic E-state index is 13.7. The molecule has 0 unspecified atom stereocenters. The Kier molecular flexibility index (Phi) is 4.46. The Balaban J connectivity index is 2.50. The predicted molar refractivity (Wildman–Crippen MR) is 74.5 cm³/mol. The third-order valence-corrected chi connectivity index (χ3v) is 4.52. The van der Waals surface area contributed by atoms with E-state index in [2.05, 4.69) is 0 Å². The average Bonchev–Trinajstić information content (AvgIpc) is 2.43. The van der Waals surface area contributed by atoms with Crippen LogP contribution >= 0.6 is 11.6 Å². The first-order valence-electron chi connectivity index (χ1n) is 5.71. The van der Waals surface area contributed by atoms with Crippen LogP contribution in [0.15, 0.2) is 41.3 Å². The van der Waals surface area contributed by atoms with Gasteiger partial charge in [0.05, 0.1) is 17.3 Å². The molecule has 0 bridgehead atoms. The summed E-state index contributed by atoms with van der Waals surface area (Å²) in [6.07, 6.45) is 0. The molecular weight excluding hydrogens is 324 g/mol. The SMILES string of the molecule is O=S(=O)(Nc1c(F)cccc1CO)c1cc(F)ccc1Cl. The van der Waals surface area contributed by atoms with Gasteiger partial charge in [-0.1, -0.05) is 23.7 Å². The Morgan fingerprint density at radius 3 is 2.57 bits per heavy atom. The topological polar surface area (TPSA) is 66.4 Å². The molecule has 0 aliphatic heterocycles. The molecule has 0 radical (unpaired) electrons. The highest BCUT2D eigenvalue weighted by molar-refractivity contribution is 7.92. The third-order valence-electron chi connectivity index (χ3n) is 2.69. The molecule has 0 saturated carbocycles. The van der Waals surface area contributed by atoms with Crippen molar-refractivity contribution in [3.05, 3.63) is 58.6 Å². The van der Waals surface area contributed by atoms with Gasteiger partial charge in [-0.3, -0.25) is 4.72 Å². The van der Waals surface area contributed by atoms with Crippen molar-refractivity contribution >= 4 is 27.3 Å². The average molecular weight is 334 g/mol. The second kappa shape index (κ2) is 5.97. The van der Waals surface area contributed by atoms with Gasteiger partial charge < -0.3 is 5.11 Å². The lowest BCUT2D eigenvalue weighted by Gasteiger charge is -2.13. The van der Waals surface area contributed by atoms with Crippen LogP contribution in [0.1, 0.15) is 5.56 Å². The summed E-state index contributed by atoms with van der Waals surface area (Å²) in [6, 6.07) is 6.53. The number of benzene rings is 2. The zero-order chi connectivity index (χ0) is 15.6. The lowest BCUT2D eigenvalue weighted by molar-refractivity contribution is 0.282. The summed E-state index contributed by atoms with van der Waals surface area (Å²) in [5.41, 5.74) is -0.355. The van der Waals surface area contributed by atoms with Crippen molar-refractivity contribution in [2.75, 3.05) is 4.72 Å². The van der Waals surface area contributed by atoms with E-state index in [0.29, 0.717) is 0 Å². The normalized spacial score (nSPS) is 11.4. The van der Waals surface area contributed by atoms with Crippen LogP contribution < -0.4 is 4.72 Å². The Morgan fingerprint density at radius 2 is 1.90 bits per heavy atom. The van der Waals surface area contributed by atoms with Gasteiger partial charge in [0.25, 0.3) is 10.0 Å². The Labute approximate surface area is 125 Å². The van der Waals surface area contributed by atoms with Gasteiger partial charge in [0.2, 0.25) is 0 Å². The van der Waals surface area contributed by atoms with Crippen LogP contribution in [0.2, 0.25) is 5.02 Å². The standard InChI is InChI=1S/C13H10ClF2NO3S/c14-10-5-4-9(15)6-12(10)21(19,20)17-13-8(7-18)2-1-3-11(13)16/h1-6,17-18H,7H2. The number of hydrogen-bond donors (Lipinski definition) is 2. The summed E-state index contributed by atoms with van der Waals surface area (Å²) in [5.74, 6) is -1.66. The van der Waals surface area contributed by atoms with Gasteiger partial charge in [0.1, 0.15) is 16.5 Å².